The van der Waals surface area contributed by atoms with Crippen LogP contribution in [0.15, 0.2) is 0 Å². The van der Waals surface area contributed by atoms with Crippen molar-refractivity contribution in [2.24, 2.45) is 5.92 Å². The Kier molecular flexibility index (Phi) is 7.14. The second-order valence-corrected chi connectivity index (χ2v) is 5.73. The molecule has 0 atom stereocenters. The molecular weight excluding hydrogens is 230 g/mol. The van der Waals surface area contributed by atoms with E-state index in [2.05, 4.69) is 13.8 Å². The molecule has 0 aromatic carbocycles. The van der Waals surface area contributed by atoms with Crippen molar-refractivity contribution >= 4 is 11.8 Å². The van der Waals surface area contributed by atoms with Crippen LogP contribution in [0, 0.1) is 5.92 Å². The number of hydrogen-bond acceptors (Lipinski definition) is 3. The third-order valence-corrected chi connectivity index (χ3v) is 2.89. The van der Waals surface area contributed by atoms with Crippen molar-refractivity contribution in [1.82, 2.24) is 4.90 Å². The Morgan fingerprint density at radius 2 is 1.67 bits per heavy atom. The van der Waals surface area contributed by atoms with Gasteiger partial charge < -0.3 is 4.74 Å². The van der Waals surface area contributed by atoms with Gasteiger partial charge in [-0.05, 0) is 32.6 Å². The number of nitrogens with zero attached hydrogens (tertiary/aromatic N) is 1. The molecule has 0 fully saturated rings. The molecule has 0 aliphatic heterocycles. The highest BCUT2D eigenvalue weighted by Crippen LogP contribution is 2.16. The average Bonchev–Trinajstić information content (AvgIpc) is 2.14. The van der Waals surface area contributed by atoms with E-state index in [0.717, 1.165) is 6.42 Å². The van der Waals surface area contributed by atoms with Crippen molar-refractivity contribution in [3.05, 3.63) is 0 Å². The Morgan fingerprint density at radius 1 is 1.17 bits per heavy atom. The lowest BCUT2D eigenvalue weighted by Crippen LogP contribution is -2.38. The SMILES string of the molecule is CC(=O)N(CCC(C)(C)OCCC(C)C)C(C)=O. The number of imide groups is 1. The lowest BCUT2D eigenvalue weighted by Gasteiger charge is -2.28. The molecule has 0 radical (unpaired) electrons. The van der Waals surface area contributed by atoms with E-state index in [1.54, 1.807) is 0 Å². The van der Waals surface area contributed by atoms with Gasteiger partial charge in [0.1, 0.15) is 0 Å². The van der Waals surface area contributed by atoms with Gasteiger partial charge in [0, 0.05) is 27.0 Å². The number of rotatable bonds is 7. The Bertz CT molecular complexity index is 271. The Hall–Kier alpha value is -0.900. The van der Waals surface area contributed by atoms with E-state index in [9.17, 15) is 9.59 Å². The maximum atomic E-state index is 11.3. The summed E-state index contributed by atoms with van der Waals surface area (Å²) < 4.78 is 5.80. The summed E-state index contributed by atoms with van der Waals surface area (Å²) in [6, 6.07) is 0. The molecule has 0 aliphatic carbocycles. The largest absolute Gasteiger partial charge is 0.375 e. The van der Waals surface area contributed by atoms with Crippen LogP contribution in [-0.2, 0) is 14.3 Å². The molecule has 0 heterocycles. The first kappa shape index (κ1) is 17.1. The smallest absolute Gasteiger partial charge is 0.226 e. The van der Waals surface area contributed by atoms with E-state index in [1.807, 2.05) is 13.8 Å². The van der Waals surface area contributed by atoms with Gasteiger partial charge in [0.25, 0.3) is 0 Å². The third kappa shape index (κ3) is 7.43. The van der Waals surface area contributed by atoms with E-state index in [4.69, 9.17) is 4.74 Å². The normalized spacial score (nSPS) is 11.7. The first-order chi connectivity index (χ1) is 8.15. The van der Waals surface area contributed by atoms with Crippen molar-refractivity contribution in [3.63, 3.8) is 0 Å². The molecule has 0 aromatic heterocycles. The number of carbonyl (C=O) groups is 2. The highest BCUT2D eigenvalue weighted by molar-refractivity contribution is 5.92. The first-order valence-electron chi connectivity index (χ1n) is 6.58. The van der Waals surface area contributed by atoms with E-state index in [1.165, 1.54) is 18.7 Å². The minimum atomic E-state index is -0.307. The molecule has 2 amide bonds. The first-order valence-corrected chi connectivity index (χ1v) is 6.58. The van der Waals surface area contributed by atoms with E-state index in [0.29, 0.717) is 25.5 Å². The van der Waals surface area contributed by atoms with Crippen LogP contribution in [0.3, 0.4) is 0 Å². The summed E-state index contributed by atoms with van der Waals surface area (Å²) in [5.41, 5.74) is -0.307. The van der Waals surface area contributed by atoms with Crippen LogP contribution in [0.4, 0.5) is 0 Å². The van der Waals surface area contributed by atoms with Crippen molar-refractivity contribution in [2.45, 2.75) is 60.0 Å². The minimum Gasteiger partial charge on any atom is -0.375 e. The number of hydrogen-bond donors (Lipinski definition) is 0. The fourth-order valence-corrected chi connectivity index (χ4v) is 1.56. The maximum Gasteiger partial charge on any atom is 0.226 e. The van der Waals surface area contributed by atoms with Crippen molar-refractivity contribution in [2.75, 3.05) is 13.2 Å². The third-order valence-electron chi connectivity index (χ3n) is 2.89. The summed E-state index contributed by atoms with van der Waals surface area (Å²) >= 11 is 0. The Balaban J connectivity index is 4.15. The Morgan fingerprint density at radius 3 is 2.06 bits per heavy atom. The molecule has 0 N–H and O–H groups in total. The monoisotopic (exact) mass is 257 g/mol. The number of carbonyl (C=O) groups excluding carboxylic acids is 2. The van der Waals surface area contributed by atoms with Crippen LogP contribution < -0.4 is 0 Å². The molecule has 0 aromatic rings. The van der Waals surface area contributed by atoms with Crippen molar-refractivity contribution in [3.8, 4) is 0 Å². The summed E-state index contributed by atoms with van der Waals surface area (Å²) in [6.45, 7) is 12.2. The topological polar surface area (TPSA) is 46.6 Å². The molecule has 0 bridgehead atoms. The molecular formula is C14H27NO3. The van der Waals surface area contributed by atoms with Gasteiger partial charge in [0.15, 0.2) is 0 Å². The van der Waals surface area contributed by atoms with Gasteiger partial charge in [-0.2, -0.15) is 0 Å². The summed E-state index contributed by atoms with van der Waals surface area (Å²) in [7, 11) is 0. The highest BCUT2D eigenvalue weighted by atomic mass is 16.5. The van der Waals surface area contributed by atoms with Crippen LogP contribution in [0.2, 0.25) is 0 Å². The van der Waals surface area contributed by atoms with Gasteiger partial charge in [-0.15, -0.1) is 0 Å². The lowest BCUT2D eigenvalue weighted by molar-refractivity contribution is -0.143. The van der Waals surface area contributed by atoms with Crippen LogP contribution in [0.5, 0.6) is 0 Å². The van der Waals surface area contributed by atoms with Gasteiger partial charge in [-0.1, -0.05) is 13.8 Å². The zero-order valence-electron chi connectivity index (χ0n) is 12.6. The molecule has 0 spiro atoms. The van der Waals surface area contributed by atoms with Crippen LogP contribution in [-0.4, -0.2) is 35.5 Å². The van der Waals surface area contributed by atoms with Gasteiger partial charge >= 0.3 is 0 Å². The zero-order valence-corrected chi connectivity index (χ0v) is 12.6. The lowest BCUT2D eigenvalue weighted by atomic mass is 10.0. The van der Waals surface area contributed by atoms with Crippen LogP contribution in [0.1, 0.15) is 54.4 Å². The predicted molar refractivity (Wildman–Crippen MR) is 72.2 cm³/mol. The van der Waals surface area contributed by atoms with E-state index >= 15 is 0 Å². The second kappa shape index (κ2) is 7.52. The zero-order chi connectivity index (χ0) is 14.3. The molecule has 18 heavy (non-hydrogen) atoms. The predicted octanol–water partition coefficient (Wildman–Crippen LogP) is 2.61. The average molecular weight is 257 g/mol. The molecule has 4 heteroatoms. The van der Waals surface area contributed by atoms with Gasteiger partial charge in [0.05, 0.1) is 5.60 Å². The van der Waals surface area contributed by atoms with Crippen molar-refractivity contribution < 1.29 is 14.3 Å². The minimum absolute atomic E-state index is 0.208. The quantitative estimate of drug-likeness (QED) is 0.704. The second-order valence-electron chi connectivity index (χ2n) is 5.73. The Labute approximate surface area is 111 Å². The number of amides is 2. The molecule has 0 saturated carbocycles. The maximum absolute atomic E-state index is 11.3. The molecule has 0 aliphatic rings. The summed E-state index contributed by atoms with van der Waals surface area (Å²) in [5.74, 6) is 0.202. The fourth-order valence-electron chi connectivity index (χ4n) is 1.56. The highest BCUT2D eigenvalue weighted by Gasteiger charge is 2.22. The summed E-state index contributed by atoms with van der Waals surface area (Å²) in [5, 5.41) is 0. The van der Waals surface area contributed by atoms with Gasteiger partial charge in [0.2, 0.25) is 11.8 Å². The molecule has 0 rings (SSSR count). The van der Waals surface area contributed by atoms with Gasteiger partial charge in [-0.25, -0.2) is 0 Å². The van der Waals surface area contributed by atoms with Crippen LogP contribution >= 0.6 is 0 Å². The van der Waals surface area contributed by atoms with E-state index < -0.39 is 0 Å². The summed E-state index contributed by atoms with van der Waals surface area (Å²) in [6.07, 6.45) is 1.68. The molecule has 0 saturated heterocycles. The number of ether oxygens (including phenoxy) is 1. The molecule has 4 nitrogen and oxygen atoms in total. The standard InChI is InChI=1S/C14H27NO3/c1-11(2)7-10-18-14(5,6)8-9-15(12(3)16)13(4)17/h11H,7-10H2,1-6H3. The van der Waals surface area contributed by atoms with Crippen LogP contribution in [0.25, 0.3) is 0 Å². The molecule has 0 unspecified atom stereocenters. The van der Waals surface area contributed by atoms with Gasteiger partial charge in [-0.3, -0.25) is 14.5 Å². The van der Waals surface area contributed by atoms with E-state index in [-0.39, 0.29) is 17.4 Å². The summed E-state index contributed by atoms with van der Waals surface area (Å²) in [4.78, 5) is 23.8. The fraction of sp³-hybridized carbons (Fsp3) is 0.857. The van der Waals surface area contributed by atoms with Crippen molar-refractivity contribution in [1.29, 1.82) is 0 Å². The molecule has 106 valence electrons.